The van der Waals surface area contributed by atoms with Gasteiger partial charge in [-0.1, -0.05) is 28.1 Å². The number of nitrogens with zero attached hydrogens (tertiary/aromatic N) is 1. The van der Waals surface area contributed by atoms with Gasteiger partial charge >= 0.3 is 6.09 Å². The summed E-state index contributed by atoms with van der Waals surface area (Å²) in [6.45, 7) is 3.44. The number of rotatable bonds is 2. The van der Waals surface area contributed by atoms with Gasteiger partial charge in [0.15, 0.2) is 0 Å². The van der Waals surface area contributed by atoms with Crippen molar-refractivity contribution in [3.8, 4) is 0 Å². The molecule has 0 radical (unpaired) electrons. The second-order valence-corrected chi connectivity index (χ2v) is 4.84. The van der Waals surface area contributed by atoms with Crippen molar-refractivity contribution < 1.29 is 9.53 Å². The molecule has 1 heterocycles. The third-order valence-electron chi connectivity index (χ3n) is 2.63. The van der Waals surface area contributed by atoms with Crippen LogP contribution in [-0.4, -0.2) is 37.2 Å². The van der Waals surface area contributed by atoms with Crippen molar-refractivity contribution >= 4 is 22.0 Å². The maximum Gasteiger partial charge on any atom is 0.410 e. The summed E-state index contributed by atoms with van der Waals surface area (Å²) in [5.41, 5.74) is 0.989. The van der Waals surface area contributed by atoms with Crippen molar-refractivity contribution in [2.75, 3.05) is 26.2 Å². The maximum atomic E-state index is 11.7. The molecule has 1 aromatic rings. The Bertz CT molecular complexity index is 392. The van der Waals surface area contributed by atoms with Crippen molar-refractivity contribution in [3.05, 3.63) is 34.3 Å². The highest BCUT2D eigenvalue weighted by Gasteiger charge is 2.17. The highest BCUT2D eigenvalue weighted by atomic mass is 79.9. The number of piperazine rings is 1. The lowest BCUT2D eigenvalue weighted by Crippen LogP contribution is -2.46. The van der Waals surface area contributed by atoms with Gasteiger partial charge in [-0.3, -0.25) is 0 Å². The van der Waals surface area contributed by atoms with Gasteiger partial charge in [-0.15, -0.1) is 0 Å². The quantitative estimate of drug-likeness (QED) is 0.908. The molecular weight excluding hydrogens is 284 g/mol. The van der Waals surface area contributed by atoms with E-state index in [1.807, 2.05) is 24.3 Å². The summed E-state index contributed by atoms with van der Waals surface area (Å²) < 4.78 is 6.25. The minimum Gasteiger partial charge on any atom is -0.445 e. The van der Waals surface area contributed by atoms with Crippen LogP contribution in [0.3, 0.4) is 0 Å². The third kappa shape index (κ3) is 3.71. The van der Waals surface area contributed by atoms with Crippen molar-refractivity contribution in [3.63, 3.8) is 0 Å². The van der Waals surface area contributed by atoms with Crippen LogP contribution >= 0.6 is 15.9 Å². The molecule has 1 N–H and O–H groups in total. The molecule has 0 saturated carbocycles. The monoisotopic (exact) mass is 298 g/mol. The van der Waals surface area contributed by atoms with Crippen LogP contribution < -0.4 is 5.32 Å². The Balaban J connectivity index is 1.83. The van der Waals surface area contributed by atoms with E-state index in [0.717, 1.165) is 36.2 Å². The molecule has 0 atom stereocenters. The van der Waals surface area contributed by atoms with Gasteiger partial charge in [0.2, 0.25) is 0 Å². The molecule has 1 aliphatic rings. The summed E-state index contributed by atoms with van der Waals surface area (Å²) in [6, 6.07) is 7.76. The Labute approximate surface area is 109 Å². The Kier molecular flexibility index (Phi) is 4.39. The number of nitrogens with one attached hydrogen (secondary N) is 1. The lowest BCUT2D eigenvalue weighted by molar-refractivity contribution is 0.0918. The van der Waals surface area contributed by atoms with E-state index in [4.69, 9.17) is 4.74 Å². The number of carbonyl (C=O) groups is 1. The minimum atomic E-state index is -0.230. The molecule has 1 aliphatic heterocycles. The van der Waals surface area contributed by atoms with Gasteiger partial charge in [-0.2, -0.15) is 0 Å². The molecule has 2 rings (SSSR count). The Morgan fingerprint density at radius 3 is 2.88 bits per heavy atom. The predicted octanol–water partition coefficient (Wildman–Crippen LogP) is 1.99. The zero-order valence-electron chi connectivity index (χ0n) is 9.49. The van der Waals surface area contributed by atoms with E-state index in [2.05, 4.69) is 21.2 Å². The van der Waals surface area contributed by atoms with E-state index >= 15 is 0 Å². The molecule has 1 fully saturated rings. The molecule has 1 aromatic carbocycles. The molecule has 0 aliphatic carbocycles. The predicted molar refractivity (Wildman–Crippen MR) is 68.8 cm³/mol. The fraction of sp³-hybridized carbons (Fsp3) is 0.417. The second kappa shape index (κ2) is 6.02. The molecule has 17 heavy (non-hydrogen) atoms. The van der Waals surface area contributed by atoms with Crippen LogP contribution in [0.1, 0.15) is 5.56 Å². The number of carbonyl (C=O) groups excluding carboxylic acids is 1. The Morgan fingerprint density at radius 2 is 2.18 bits per heavy atom. The topological polar surface area (TPSA) is 41.6 Å². The van der Waals surface area contributed by atoms with Crippen molar-refractivity contribution in [2.24, 2.45) is 0 Å². The highest BCUT2D eigenvalue weighted by Crippen LogP contribution is 2.12. The first-order chi connectivity index (χ1) is 8.25. The van der Waals surface area contributed by atoms with Crippen LogP contribution in [0, 0.1) is 0 Å². The SMILES string of the molecule is O=C(OCc1cccc(Br)c1)N1CCNCC1. The fourth-order valence-corrected chi connectivity index (χ4v) is 2.16. The largest absolute Gasteiger partial charge is 0.445 e. The zero-order valence-corrected chi connectivity index (χ0v) is 11.1. The molecule has 0 unspecified atom stereocenters. The van der Waals surface area contributed by atoms with Gasteiger partial charge in [-0.05, 0) is 17.7 Å². The van der Waals surface area contributed by atoms with E-state index in [1.165, 1.54) is 0 Å². The van der Waals surface area contributed by atoms with Crippen LogP contribution in [0.5, 0.6) is 0 Å². The molecule has 0 bridgehead atoms. The number of benzene rings is 1. The summed E-state index contributed by atoms with van der Waals surface area (Å²) in [4.78, 5) is 13.5. The minimum absolute atomic E-state index is 0.230. The van der Waals surface area contributed by atoms with Gasteiger partial charge in [0.05, 0.1) is 0 Å². The van der Waals surface area contributed by atoms with E-state index in [1.54, 1.807) is 4.90 Å². The molecule has 0 aromatic heterocycles. The number of halogens is 1. The van der Waals surface area contributed by atoms with E-state index in [9.17, 15) is 4.79 Å². The van der Waals surface area contributed by atoms with Gasteiger partial charge in [0.25, 0.3) is 0 Å². The second-order valence-electron chi connectivity index (χ2n) is 3.92. The molecule has 1 saturated heterocycles. The first kappa shape index (κ1) is 12.4. The zero-order chi connectivity index (χ0) is 12.1. The Morgan fingerprint density at radius 1 is 1.41 bits per heavy atom. The number of hydrogen-bond donors (Lipinski definition) is 1. The standard InChI is InChI=1S/C12H15BrN2O2/c13-11-3-1-2-10(8-11)9-17-12(16)15-6-4-14-5-7-15/h1-3,8,14H,4-7,9H2. The van der Waals surface area contributed by atoms with Gasteiger partial charge in [0.1, 0.15) is 6.61 Å². The lowest BCUT2D eigenvalue weighted by Gasteiger charge is -2.26. The average molecular weight is 299 g/mol. The summed E-state index contributed by atoms with van der Waals surface area (Å²) in [6.07, 6.45) is -0.230. The van der Waals surface area contributed by atoms with Crippen LogP contribution in [0.2, 0.25) is 0 Å². The smallest absolute Gasteiger partial charge is 0.410 e. The molecule has 5 heteroatoms. The van der Waals surface area contributed by atoms with Crippen molar-refractivity contribution in [1.29, 1.82) is 0 Å². The highest BCUT2D eigenvalue weighted by molar-refractivity contribution is 9.10. The third-order valence-corrected chi connectivity index (χ3v) is 3.12. The van der Waals surface area contributed by atoms with E-state index in [0.29, 0.717) is 6.61 Å². The molecule has 4 nitrogen and oxygen atoms in total. The van der Waals surface area contributed by atoms with Crippen LogP contribution in [-0.2, 0) is 11.3 Å². The summed E-state index contributed by atoms with van der Waals surface area (Å²) in [7, 11) is 0. The number of ether oxygens (including phenoxy) is 1. The molecule has 1 amide bonds. The van der Waals surface area contributed by atoms with Crippen molar-refractivity contribution in [1.82, 2.24) is 10.2 Å². The normalized spacial score (nSPS) is 15.7. The Hall–Kier alpha value is -1.07. The lowest BCUT2D eigenvalue weighted by atomic mass is 10.2. The maximum absolute atomic E-state index is 11.7. The van der Waals surface area contributed by atoms with Crippen LogP contribution in [0.15, 0.2) is 28.7 Å². The summed E-state index contributed by atoms with van der Waals surface area (Å²) in [5.74, 6) is 0. The van der Waals surface area contributed by atoms with E-state index in [-0.39, 0.29) is 6.09 Å². The van der Waals surface area contributed by atoms with Gasteiger partial charge < -0.3 is 15.0 Å². The van der Waals surface area contributed by atoms with Crippen LogP contribution in [0.25, 0.3) is 0 Å². The fourth-order valence-electron chi connectivity index (χ4n) is 1.71. The first-order valence-electron chi connectivity index (χ1n) is 5.62. The number of amides is 1. The van der Waals surface area contributed by atoms with Gasteiger partial charge in [0, 0.05) is 30.7 Å². The summed E-state index contributed by atoms with van der Waals surface area (Å²) >= 11 is 3.39. The molecule has 0 spiro atoms. The molecular formula is C12H15BrN2O2. The number of hydrogen-bond acceptors (Lipinski definition) is 3. The van der Waals surface area contributed by atoms with E-state index < -0.39 is 0 Å². The molecule has 92 valence electrons. The summed E-state index contributed by atoms with van der Waals surface area (Å²) in [5, 5.41) is 3.20. The first-order valence-corrected chi connectivity index (χ1v) is 6.42. The average Bonchev–Trinajstić information content (AvgIpc) is 2.37. The van der Waals surface area contributed by atoms with Crippen LogP contribution in [0.4, 0.5) is 4.79 Å². The van der Waals surface area contributed by atoms with Gasteiger partial charge in [-0.25, -0.2) is 4.79 Å². The van der Waals surface area contributed by atoms with Crippen molar-refractivity contribution in [2.45, 2.75) is 6.61 Å².